The molecule has 2 amide bonds. The molecule has 2 N–H and O–H groups in total. The van der Waals surface area contributed by atoms with Crippen LogP contribution in [0.4, 0.5) is 5.69 Å². The number of benzene rings is 1. The van der Waals surface area contributed by atoms with E-state index in [0.717, 1.165) is 6.42 Å². The van der Waals surface area contributed by atoms with Crippen LogP contribution in [0.1, 0.15) is 52.9 Å². The maximum absolute atomic E-state index is 12.2. The Kier molecular flexibility index (Phi) is 14.5. The van der Waals surface area contributed by atoms with Gasteiger partial charge in [0, 0.05) is 32.0 Å². The van der Waals surface area contributed by atoms with E-state index in [-0.39, 0.29) is 72.8 Å². The summed E-state index contributed by atoms with van der Waals surface area (Å²) in [5, 5.41) is 22.9. The fourth-order valence-electron chi connectivity index (χ4n) is 2.43. The number of nitriles is 1. The second-order valence-electron chi connectivity index (χ2n) is 7.62. The second-order valence-corrected chi connectivity index (χ2v) is 8.20. The van der Waals surface area contributed by atoms with Crippen LogP contribution in [0.5, 0.6) is 5.75 Å². The summed E-state index contributed by atoms with van der Waals surface area (Å²) in [4.78, 5) is 27.5. The molecule has 3 atom stereocenters. The molecule has 0 aromatic heterocycles. The Morgan fingerprint density at radius 2 is 1.82 bits per heavy atom. The van der Waals surface area contributed by atoms with Gasteiger partial charge in [0.25, 0.3) is 0 Å². The third-order valence-corrected chi connectivity index (χ3v) is 4.84. The van der Waals surface area contributed by atoms with Crippen LogP contribution in [0, 0.1) is 17.9 Å². The third kappa shape index (κ3) is 12.2. The summed E-state index contributed by atoms with van der Waals surface area (Å²) in [5.41, 5.74) is -2.20. The molecule has 0 spiro atoms. The predicted molar refractivity (Wildman–Crippen MR) is 120 cm³/mol. The Balaban J connectivity index is 0.0000109. The van der Waals surface area contributed by atoms with E-state index in [4.69, 9.17) is 6.57 Å². The Labute approximate surface area is 224 Å². The first-order chi connectivity index (χ1) is 15.5. The first kappa shape index (κ1) is 31.6. The molecule has 0 bridgehead atoms. The number of carbonyl (C=O) groups is 2. The number of anilines is 1. The van der Waals surface area contributed by atoms with E-state index in [0.29, 0.717) is 12.2 Å². The van der Waals surface area contributed by atoms with Crippen molar-refractivity contribution in [1.29, 1.82) is 5.26 Å². The summed E-state index contributed by atoms with van der Waals surface area (Å²) in [5.74, 6) is -0.457. The van der Waals surface area contributed by atoms with Crippen molar-refractivity contribution in [3.8, 4) is 11.8 Å². The average molecular weight is 499 g/mol. The summed E-state index contributed by atoms with van der Waals surface area (Å²) in [6.07, 6.45) is 1.08. The maximum atomic E-state index is 12.2. The quantitative estimate of drug-likeness (QED) is 0.172. The van der Waals surface area contributed by atoms with Gasteiger partial charge in [-0.25, -0.2) is 10.8 Å². The van der Waals surface area contributed by atoms with Gasteiger partial charge in [-0.1, -0.05) is 6.92 Å². The Bertz CT molecular complexity index is 962. The van der Waals surface area contributed by atoms with Gasteiger partial charge in [0.15, 0.2) is 5.54 Å². The van der Waals surface area contributed by atoms with E-state index in [2.05, 4.69) is 29.9 Å². The van der Waals surface area contributed by atoms with Crippen molar-refractivity contribution in [3.05, 3.63) is 35.7 Å². The van der Waals surface area contributed by atoms with Crippen molar-refractivity contribution in [2.75, 3.05) is 11.9 Å². The van der Waals surface area contributed by atoms with Crippen molar-refractivity contribution >= 4 is 28.9 Å². The maximum Gasteiger partial charge on any atom is 1.00 e. The van der Waals surface area contributed by atoms with Gasteiger partial charge in [0.2, 0.25) is 11.8 Å². The largest absolute Gasteiger partial charge is 1.00 e. The number of hydrogen-bond acceptors (Lipinski definition) is 8. The van der Waals surface area contributed by atoms with Gasteiger partial charge in [-0.15, -0.1) is 5.11 Å². The minimum atomic E-state index is -2.69. The minimum Gasteiger partial charge on any atom is -0.740 e. The van der Waals surface area contributed by atoms with Crippen LogP contribution in [0.25, 0.3) is 4.85 Å². The van der Waals surface area contributed by atoms with Crippen LogP contribution in [-0.2, 0) is 21.0 Å². The number of hydrogen-bond donors (Lipinski definition) is 2. The Morgan fingerprint density at radius 3 is 2.35 bits per heavy atom. The van der Waals surface area contributed by atoms with Gasteiger partial charge in [-0.05, 0) is 44.0 Å². The van der Waals surface area contributed by atoms with Crippen LogP contribution < -0.4 is 44.4 Å². The van der Waals surface area contributed by atoms with E-state index < -0.39 is 22.6 Å². The van der Waals surface area contributed by atoms with Crippen molar-refractivity contribution in [2.24, 2.45) is 10.2 Å². The summed E-state index contributed by atoms with van der Waals surface area (Å²) in [6, 6.07) is 7.75. The average Bonchev–Trinajstić information content (AvgIpc) is 2.79. The summed E-state index contributed by atoms with van der Waals surface area (Å²) in [7, 11) is 0. The molecule has 34 heavy (non-hydrogen) atoms. The molecular formula is C21H27N6NaO5S. The van der Waals surface area contributed by atoms with Gasteiger partial charge in [0.05, 0.1) is 12.5 Å². The first-order valence-electron chi connectivity index (χ1n) is 10.2. The summed E-state index contributed by atoms with van der Waals surface area (Å²) < 4.78 is 25.5. The van der Waals surface area contributed by atoms with Gasteiger partial charge in [0.1, 0.15) is 17.1 Å². The molecule has 0 heterocycles. The smallest absolute Gasteiger partial charge is 0.740 e. The number of amides is 2. The van der Waals surface area contributed by atoms with Crippen LogP contribution in [0.15, 0.2) is 34.5 Å². The molecule has 11 nitrogen and oxygen atoms in total. The molecule has 0 fully saturated rings. The molecule has 0 saturated carbocycles. The van der Waals surface area contributed by atoms with Crippen molar-refractivity contribution in [3.63, 3.8) is 0 Å². The molecule has 3 unspecified atom stereocenters. The number of carbonyl (C=O) groups excluding carboxylic acids is 2. The SMILES string of the molecule is [C-]#[N+]C(C)(CCC(=O)Nc1ccc(OS(=O)[O-])cc1)N=NC(C)(C#N)CCC(=O)NCCC.[Na+]. The molecule has 1 aromatic rings. The zero-order valence-corrected chi connectivity index (χ0v) is 22.6. The molecule has 0 aliphatic carbocycles. The first-order valence-corrected chi connectivity index (χ1v) is 11.2. The zero-order valence-electron chi connectivity index (χ0n) is 19.8. The second kappa shape index (κ2) is 15.5. The van der Waals surface area contributed by atoms with E-state index in [1.807, 2.05) is 13.0 Å². The monoisotopic (exact) mass is 498 g/mol. The normalized spacial score (nSPS) is 14.9. The molecule has 1 rings (SSSR count). The fraction of sp³-hybridized carbons (Fsp3) is 0.524. The van der Waals surface area contributed by atoms with Crippen LogP contribution in [-0.4, -0.2) is 38.3 Å². The van der Waals surface area contributed by atoms with E-state index in [1.54, 1.807) is 0 Å². The topological polar surface area (TPSA) is 160 Å². The molecule has 0 aliphatic rings. The minimum absolute atomic E-state index is 0. The van der Waals surface area contributed by atoms with Crippen molar-refractivity contribution in [1.82, 2.24) is 5.32 Å². The number of azo groups is 1. The predicted octanol–water partition coefficient (Wildman–Crippen LogP) is 0.259. The van der Waals surface area contributed by atoms with Gasteiger partial charge >= 0.3 is 35.2 Å². The molecule has 178 valence electrons. The van der Waals surface area contributed by atoms with Gasteiger partial charge in [-0.3, -0.25) is 14.4 Å². The third-order valence-electron chi connectivity index (χ3n) is 4.51. The van der Waals surface area contributed by atoms with E-state index in [1.165, 1.54) is 38.1 Å². The molecule has 13 heteroatoms. The van der Waals surface area contributed by atoms with Crippen LogP contribution >= 0.6 is 0 Å². The molecule has 0 aliphatic heterocycles. The van der Waals surface area contributed by atoms with Gasteiger partial charge in [-0.2, -0.15) is 10.4 Å². The molecule has 0 radical (unpaired) electrons. The Morgan fingerprint density at radius 1 is 1.21 bits per heavy atom. The number of nitrogens with zero attached hydrogens (tertiary/aromatic N) is 4. The standard InChI is InChI=1S/C21H28N6O5S.Na/c1-5-14-24-18(28)10-12-20(2,15-22)26-27-21(3,23-4)13-11-19(29)25-16-6-8-17(9-7-16)32-33(30)31;/h6-9H,5,10-14H2,1-3H3,(H,24,28)(H,25,29)(H,30,31);/q;+1/p-1. The molecule has 0 saturated heterocycles. The van der Waals surface area contributed by atoms with Crippen molar-refractivity contribution < 1.29 is 52.1 Å². The van der Waals surface area contributed by atoms with Crippen LogP contribution in [0.3, 0.4) is 0 Å². The Hall–Kier alpha value is -2.35. The van der Waals surface area contributed by atoms with E-state index >= 15 is 0 Å². The number of rotatable bonds is 13. The zero-order chi connectivity index (χ0) is 24.9. The summed E-state index contributed by atoms with van der Waals surface area (Å²) >= 11 is -2.69. The molecular weight excluding hydrogens is 471 g/mol. The van der Waals surface area contributed by atoms with Crippen molar-refractivity contribution in [2.45, 2.75) is 64.1 Å². The van der Waals surface area contributed by atoms with Gasteiger partial charge < -0.3 is 19.4 Å². The van der Waals surface area contributed by atoms with Crippen LogP contribution in [0.2, 0.25) is 0 Å². The summed E-state index contributed by atoms with van der Waals surface area (Å²) in [6.45, 7) is 13.0. The fourth-order valence-corrected chi connectivity index (χ4v) is 2.70. The molecule has 1 aromatic carbocycles. The van der Waals surface area contributed by atoms with E-state index in [9.17, 15) is 23.6 Å². The number of nitrogens with one attached hydrogen (secondary N) is 2.